The number of aromatic hydroxyl groups is 1. The summed E-state index contributed by atoms with van der Waals surface area (Å²) in [5.41, 5.74) is 0.701. The van der Waals surface area contributed by atoms with E-state index in [1.807, 2.05) is 13.8 Å². The van der Waals surface area contributed by atoms with E-state index in [1.54, 1.807) is 24.3 Å². The van der Waals surface area contributed by atoms with Crippen LogP contribution in [-0.2, 0) is 0 Å². The third-order valence-corrected chi connectivity index (χ3v) is 4.60. The highest BCUT2D eigenvalue weighted by atomic mass is 35.5. The lowest BCUT2D eigenvalue weighted by atomic mass is 9.98. The number of hydrogen-bond acceptors (Lipinski definition) is 7. The van der Waals surface area contributed by atoms with Crippen LogP contribution in [0.4, 0.5) is 0 Å². The van der Waals surface area contributed by atoms with Crippen LogP contribution in [0.3, 0.4) is 0 Å². The van der Waals surface area contributed by atoms with Crippen LogP contribution < -0.4 is 18.9 Å². The third kappa shape index (κ3) is 4.77. The van der Waals surface area contributed by atoms with Crippen LogP contribution in [-0.4, -0.2) is 43.3 Å². The Hall–Kier alpha value is -3.19. The van der Waals surface area contributed by atoms with Gasteiger partial charge < -0.3 is 24.1 Å². The van der Waals surface area contributed by atoms with Crippen molar-refractivity contribution >= 4 is 29.0 Å². The molecule has 1 N–H and O–H groups in total. The smallest absolute Gasteiger partial charge is 0.203 e. The van der Waals surface area contributed by atoms with Crippen molar-refractivity contribution in [2.45, 2.75) is 20.3 Å². The summed E-state index contributed by atoms with van der Waals surface area (Å²) in [6.45, 7) is 4.74. The molecule has 0 aliphatic heterocycles. The first-order chi connectivity index (χ1) is 14.5. The summed E-state index contributed by atoms with van der Waals surface area (Å²) >= 11 is 0. The van der Waals surface area contributed by atoms with Crippen molar-refractivity contribution in [1.82, 2.24) is 4.98 Å². The van der Waals surface area contributed by atoms with Gasteiger partial charge in [-0.3, -0.25) is 9.78 Å². The number of methoxy groups -OCH3 is 2. The van der Waals surface area contributed by atoms with Gasteiger partial charge in [0.2, 0.25) is 5.75 Å². The van der Waals surface area contributed by atoms with E-state index < -0.39 is 0 Å². The van der Waals surface area contributed by atoms with Gasteiger partial charge in [-0.05, 0) is 43.0 Å². The molecule has 8 heteroatoms. The van der Waals surface area contributed by atoms with Crippen molar-refractivity contribution in [1.29, 1.82) is 0 Å². The van der Waals surface area contributed by atoms with E-state index in [4.69, 9.17) is 18.9 Å². The molecule has 0 bridgehead atoms. The molecule has 0 amide bonds. The van der Waals surface area contributed by atoms with Crippen LogP contribution in [0.25, 0.3) is 10.8 Å². The molecule has 3 aromatic rings. The number of hydrogen-bond donors (Lipinski definition) is 1. The van der Waals surface area contributed by atoms with Gasteiger partial charge in [0, 0.05) is 28.9 Å². The van der Waals surface area contributed by atoms with E-state index in [2.05, 4.69) is 4.98 Å². The Balaban J connectivity index is 0.00000341. The van der Waals surface area contributed by atoms with E-state index in [0.717, 1.165) is 6.42 Å². The fourth-order valence-corrected chi connectivity index (χ4v) is 3.18. The summed E-state index contributed by atoms with van der Waals surface area (Å²) in [6.07, 6.45) is 3.81. The minimum Gasteiger partial charge on any atom is -0.504 e. The Morgan fingerprint density at radius 3 is 2.23 bits per heavy atom. The van der Waals surface area contributed by atoms with Gasteiger partial charge in [-0.1, -0.05) is 6.92 Å². The number of ketones is 1. The van der Waals surface area contributed by atoms with Gasteiger partial charge in [-0.2, -0.15) is 0 Å². The Morgan fingerprint density at radius 2 is 1.65 bits per heavy atom. The monoisotopic (exact) mass is 447 g/mol. The van der Waals surface area contributed by atoms with Crippen LogP contribution >= 0.6 is 12.4 Å². The molecule has 7 nitrogen and oxygen atoms in total. The lowest BCUT2D eigenvalue weighted by molar-refractivity contribution is 0.103. The van der Waals surface area contributed by atoms with Crippen molar-refractivity contribution in [3.05, 3.63) is 47.8 Å². The Labute approximate surface area is 187 Å². The highest BCUT2D eigenvalue weighted by molar-refractivity contribution is 6.17. The minimum absolute atomic E-state index is 0. The largest absolute Gasteiger partial charge is 0.504 e. The zero-order valence-electron chi connectivity index (χ0n) is 17.9. The summed E-state index contributed by atoms with van der Waals surface area (Å²) in [6, 6.07) is 6.61. The number of phenolic OH excluding ortho intramolecular Hbond substituents is 1. The lowest BCUT2D eigenvalue weighted by Crippen LogP contribution is -2.06. The molecule has 166 valence electrons. The van der Waals surface area contributed by atoms with Crippen LogP contribution in [0.5, 0.6) is 28.7 Å². The minimum atomic E-state index is -0.282. The van der Waals surface area contributed by atoms with Crippen LogP contribution in [0.2, 0.25) is 0 Å². The number of ether oxygens (including phenoxy) is 4. The number of nitrogens with zero attached hydrogens (tertiary/aromatic N) is 1. The van der Waals surface area contributed by atoms with Gasteiger partial charge in [0.25, 0.3) is 0 Å². The summed E-state index contributed by atoms with van der Waals surface area (Å²) in [4.78, 5) is 17.5. The number of phenols is 1. The van der Waals surface area contributed by atoms with Crippen molar-refractivity contribution in [3.63, 3.8) is 0 Å². The van der Waals surface area contributed by atoms with E-state index >= 15 is 0 Å². The van der Waals surface area contributed by atoms with Gasteiger partial charge in [0.1, 0.15) is 0 Å². The number of halogens is 1. The summed E-state index contributed by atoms with van der Waals surface area (Å²) in [7, 11) is 3.02. The molecule has 0 unspecified atom stereocenters. The Morgan fingerprint density at radius 1 is 0.968 bits per heavy atom. The van der Waals surface area contributed by atoms with Crippen LogP contribution in [0.15, 0.2) is 36.7 Å². The maximum absolute atomic E-state index is 13.3. The number of carbonyl (C=O) groups excluding carboxylic acids is 1. The molecule has 0 saturated heterocycles. The van der Waals surface area contributed by atoms with Crippen LogP contribution in [0, 0.1) is 0 Å². The Bertz CT molecular complexity index is 1040. The molecule has 3 rings (SSSR count). The van der Waals surface area contributed by atoms with E-state index in [9.17, 15) is 9.90 Å². The first-order valence-corrected chi connectivity index (χ1v) is 9.71. The molecule has 0 radical (unpaired) electrons. The second-order valence-corrected chi connectivity index (χ2v) is 6.51. The molecule has 0 atom stereocenters. The van der Waals surface area contributed by atoms with Gasteiger partial charge in [0.05, 0.1) is 27.4 Å². The number of carbonyl (C=O) groups is 1. The van der Waals surface area contributed by atoms with E-state index in [0.29, 0.717) is 58.1 Å². The third-order valence-electron chi connectivity index (χ3n) is 4.60. The predicted molar refractivity (Wildman–Crippen MR) is 121 cm³/mol. The summed E-state index contributed by atoms with van der Waals surface area (Å²) < 4.78 is 22.0. The predicted octanol–water partition coefficient (Wildman–Crippen LogP) is 4.80. The van der Waals surface area contributed by atoms with Crippen molar-refractivity contribution in [3.8, 4) is 28.7 Å². The maximum Gasteiger partial charge on any atom is 0.203 e. The molecule has 2 aromatic carbocycles. The number of pyridine rings is 1. The molecule has 0 aliphatic rings. The molecular weight excluding hydrogens is 422 g/mol. The van der Waals surface area contributed by atoms with Gasteiger partial charge in [-0.15, -0.1) is 12.4 Å². The Kier molecular flexibility index (Phi) is 8.33. The second kappa shape index (κ2) is 10.7. The molecule has 0 spiro atoms. The molecule has 0 aliphatic carbocycles. The number of rotatable bonds is 9. The average molecular weight is 448 g/mol. The van der Waals surface area contributed by atoms with Crippen LogP contribution in [0.1, 0.15) is 36.2 Å². The van der Waals surface area contributed by atoms with Gasteiger partial charge in [0.15, 0.2) is 28.8 Å². The number of benzene rings is 2. The molecular formula is C23H26ClNO6. The van der Waals surface area contributed by atoms with Crippen molar-refractivity contribution in [2.24, 2.45) is 0 Å². The highest BCUT2D eigenvalue weighted by Gasteiger charge is 2.21. The second-order valence-electron chi connectivity index (χ2n) is 6.51. The molecule has 0 saturated carbocycles. The fourth-order valence-electron chi connectivity index (χ4n) is 3.18. The quantitative estimate of drug-likeness (QED) is 0.471. The molecule has 31 heavy (non-hydrogen) atoms. The first-order valence-electron chi connectivity index (χ1n) is 9.71. The zero-order valence-corrected chi connectivity index (χ0v) is 18.7. The highest BCUT2D eigenvalue weighted by Crippen LogP contribution is 2.40. The average Bonchev–Trinajstić information content (AvgIpc) is 2.78. The maximum atomic E-state index is 13.3. The SMILES string of the molecule is CCCOc1c(OC)cc(C(=O)c2cncc3c(O)c(OCC)ccc23)cc1OC.Cl. The summed E-state index contributed by atoms with van der Waals surface area (Å²) in [5, 5.41) is 11.5. The first kappa shape index (κ1) is 24.1. The zero-order chi connectivity index (χ0) is 21.7. The van der Waals surface area contributed by atoms with Gasteiger partial charge in [-0.25, -0.2) is 0 Å². The summed E-state index contributed by atoms with van der Waals surface area (Å²) in [5.74, 6) is 1.28. The molecule has 1 heterocycles. The topological polar surface area (TPSA) is 87.1 Å². The number of aromatic nitrogens is 1. The standard InChI is InChI=1S/C23H25NO6.ClH/c1-5-9-30-23-19(27-3)10-14(11-20(23)28-4)21(25)16-12-24-13-17-15(16)7-8-18(22(17)26)29-6-2;/h7-8,10-13,26H,5-6,9H2,1-4H3;1H. The van der Waals surface area contributed by atoms with Crippen molar-refractivity contribution < 1.29 is 28.8 Å². The lowest BCUT2D eigenvalue weighted by Gasteiger charge is -2.16. The fraction of sp³-hybridized carbons (Fsp3) is 0.304. The number of fused-ring (bicyclic) bond motifs is 1. The van der Waals surface area contributed by atoms with Gasteiger partial charge >= 0.3 is 0 Å². The van der Waals surface area contributed by atoms with Crippen molar-refractivity contribution in [2.75, 3.05) is 27.4 Å². The van der Waals surface area contributed by atoms with E-state index in [-0.39, 0.29) is 23.9 Å². The normalized spacial score (nSPS) is 10.3. The molecule has 1 aromatic heterocycles. The van der Waals surface area contributed by atoms with E-state index in [1.165, 1.54) is 26.6 Å². The molecule has 0 fully saturated rings.